The molecule has 1 aromatic heterocycles. The monoisotopic (exact) mass is 529 g/mol. The van der Waals surface area contributed by atoms with Crippen LogP contribution in [0.3, 0.4) is 0 Å². The van der Waals surface area contributed by atoms with Gasteiger partial charge in [-0.05, 0) is 48.9 Å². The molecule has 0 radical (unpaired) electrons. The molecule has 1 saturated heterocycles. The number of nitrogens with zero attached hydrogens (tertiary/aromatic N) is 2. The number of Topliss-reactive ketones (excluding diaryl/α,β-unsaturated/α-hetero) is 1. The lowest BCUT2D eigenvalue weighted by Crippen LogP contribution is -2.30. The zero-order chi connectivity index (χ0) is 27.7. The highest BCUT2D eigenvalue weighted by Gasteiger charge is 2.48. The number of carbonyl (C=O) groups is 2. The van der Waals surface area contributed by atoms with Gasteiger partial charge in [0.25, 0.3) is 5.78 Å². The van der Waals surface area contributed by atoms with E-state index in [0.717, 1.165) is 0 Å². The minimum absolute atomic E-state index is 0.128. The number of rotatable bonds is 8. The maximum atomic E-state index is 13.6. The third kappa shape index (κ3) is 4.39. The molecule has 3 aromatic carbocycles. The second kappa shape index (κ2) is 10.4. The number of benzene rings is 3. The zero-order valence-corrected chi connectivity index (χ0v) is 21.8. The molecule has 0 aliphatic carbocycles. The fraction of sp³-hybridized carbons (Fsp3) is 0.207. The molecule has 2 heterocycles. The highest BCUT2D eigenvalue weighted by molar-refractivity contribution is 6.51. The van der Waals surface area contributed by atoms with Crippen molar-refractivity contribution >= 4 is 34.4 Å². The van der Waals surface area contributed by atoms with Crippen LogP contribution in [-0.2, 0) is 9.59 Å². The molecule has 0 spiro atoms. The SMILES string of the molecule is CCOc1cc(C2/C(=C(\O)c3ccc(OC)cc3OC)C(=O)C(=O)N2c2nc3ccccc3[nH]2)ccc1OC. The lowest BCUT2D eigenvalue weighted by molar-refractivity contribution is -0.132. The second-order valence-corrected chi connectivity index (χ2v) is 8.66. The van der Waals surface area contributed by atoms with Crippen LogP contribution < -0.4 is 23.8 Å². The summed E-state index contributed by atoms with van der Waals surface area (Å²) in [5.74, 6) is -0.271. The molecule has 1 aliphatic heterocycles. The smallest absolute Gasteiger partial charge is 0.302 e. The number of methoxy groups -OCH3 is 3. The summed E-state index contributed by atoms with van der Waals surface area (Å²) in [6, 6.07) is 16.1. The highest BCUT2D eigenvalue weighted by Crippen LogP contribution is 2.45. The Kier molecular flexibility index (Phi) is 6.84. The van der Waals surface area contributed by atoms with E-state index >= 15 is 0 Å². The average Bonchev–Trinajstić information content (AvgIpc) is 3.50. The fourth-order valence-electron chi connectivity index (χ4n) is 4.69. The van der Waals surface area contributed by atoms with Crippen molar-refractivity contribution in [3.8, 4) is 23.0 Å². The number of imidazole rings is 1. The van der Waals surface area contributed by atoms with Crippen molar-refractivity contribution < 1.29 is 33.6 Å². The molecule has 5 rings (SSSR count). The van der Waals surface area contributed by atoms with Gasteiger partial charge in [-0.15, -0.1) is 0 Å². The molecule has 0 saturated carbocycles. The summed E-state index contributed by atoms with van der Waals surface area (Å²) in [7, 11) is 4.47. The molecule has 1 aliphatic rings. The lowest BCUT2D eigenvalue weighted by Gasteiger charge is -2.24. The van der Waals surface area contributed by atoms with Crippen molar-refractivity contribution in [1.82, 2.24) is 9.97 Å². The molecule has 1 unspecified atom stereocenters. The van der Waals surface area contributed by atoms with Gasteiger partial charge in [-0.1, -0.05) is 18.2 Å². The Balaban J connectivity index is 1.76. The van der Waals surface area contributed by atoms with E-state index < -0.39 is 23.5 Å². The van der Waals surface area contributed by atoms with Crippen molar-refractivity contribution in [2.45, 2.75) is 13.0 Å². The van der Waals surface area contributed by atoms with E-state index in [0.29, 0.717) is 40.5 Å². The molecular formula is C29H27N3O7. The van der Waals surface area contributed by atoms with E-state index in [4.69, 9.17) is 18.9 Å². The molecule has 10 heteroatoms. The topological polar surface area (TPSA) is 123 Å². The molecule has 1 fully saturated rings. The first-order chi connectivity index (χ1) is 18.9. The van der Waals surface area contributed by atoms with Gasteiger partial charge in [0.2, 0.25) is 5.95 Å². The summed E-state index contributed by atoms with van der Waals surface area (Å²) >= 11 is 0. The van der Waals surface area contributed by atoms with Crippen molar-refractivity contribution in [2.75, 3.05) is 32.8 Å². The van der Waals surface area contributed by atoms with Gasteiger partial charge in [-0.25, -0.2) is 4.98 Å². The number of amides is 1. The summed E-state index contributed by atoms with van der Waals surface area (Å²) in [4.78, 5) is 36.1. The lowest BCUT2D eigenvalue weighted by atomic mass is 9.94. The minimum Gasteiger partial charge on any atom is -0.507 e. The number of aliphatic hydroxyl groups is 1. The summed E-state index contributed by atoms with van der Waals surface area (Å²) in [5.41, 5.74) is 1.92. The third-order valence-corrected chi connectivity index (χ3v) is 6.52. The number of aliphatic hydroxyl groups excluding tert-OH is 1. The van der Waals surface area contributed by atoms with Gasteiger partial charge >= 0.3 is 5.91 Å². The summed E-state index contributed by atoms with van der Waals surface area (Å²) in [6.45, 7) is 2.20. The number of fused-ring (bicyclic) bond motifs is 1. The first kappa shape index (κ1) is 25.7. The number of hydrogen-bond acceptors (Lipinski definition) is 8. The van der Waals surface area contributed by atoms with Crippen LogP contribution in [0.4, 0.5) is 5.95 Å². The predicted octanol–water partition coefficient (Wildman–Crippen LogP) is 4.61. The van der Waals surface area contributed by atoms with Crippen LogP contribution in [0.5, 0.6) is 23.0 Å². The molecular weight excluding hydrogens is 502 g/mol. The number of hydrogen-bond donors (Lipinski definition) is 2. The molecule has 4 aromatic rings. The van der Waals surface area contributed by atoms with E-state index in [1.165, 1.54) is 26.2 Å². The minimum atomic E-state index is -1.04. The Labute approximate surface area is 224 Å². The Bertz CT molecular complexity index is 1570. The van der Waals surface area contributed by atoms with Crippen molar-refractivity contribution in [3.05, 3.63) is 77.4 Å². The van der Waals surface area contributed by atoms with Crippen molar-refractivity contribution in [2.24, 2.45) is 0 Å². The quantitative estimate of drug-likeness (QED) is 0.193. The Morgan fingerprint density at radius 3 is 2.41 bits per heavy atom. The molecule has 200 valence electrons. The fourth-order valence-corrected chi connectivity index (χ4v) is 4.69. The van der Waals surface area contributed by atoms with Crippen LogP contribution >= 0.6 is 0 Å². The molecule has 2 N–H and O–H groups in total. The maximum absolute atomic E-state index is 13.6. The molecule has 39 heavy (non-hydrogen) atoms. The Morgan fingerprint density at radius 1 is 0.949 bits per heavy atom. The normalized spacial score (nSPS) is 16.5. The van der Waals surface area contributed by atoms with E-state index in [1.54, 1.807) is 42.5 Å². The van der Waals surface area contributed by atoms with Gasteiger partial charge in [-0.2, -0.15) is 0 Å². The largest absolute Gasteiger partial charge is 0.507 e. The van der Waals surface area contributed by atoms with Crippen LogP contribution in [0.1, 0.15) is 24.1 Å². The summed E-state index contributed by atoms with van der Waals surface area (Å²) < 4.78 is 21.9. The molecule has 10 nitrogen and oxygen atoms in total. The van der Waals surface area contributed by atoms with E-state index in [-0.39, 0.29) is 22.8 Å². The number of ketones is 1. The number of anilines is 1. The number of ether oxygens (including phenoxy) is 4. The summed E-state index contributed by atoms with van der Waals surface area (Å²) in [5, 5.41) is 11.6. The number of H-pyrrole nitrogens is 1. The van der Waals surface area contributed by atoms with Crippen molar-refractivity contribution in [3.63, 3.8) is 0 Å². The van der Waals surface area contributed by atoms with E-state index in [1.807, 2.05) is 25.1 Å². The van der Waals surface area contributed by atoms with Gasteiger partial charge in [-0.3, -0.25) is 14.5 Å². The first-order valence-corrected chi connectivity index (χ1v) is 12.2. The molecule has 0 bridgehead atoms. The maximum Gasteiger partial charge on any atom is 0.302 e. The van der Waals surface area contributed by atoms with Crippen LogP contribution in [-0.4, -0.2) is 54.7 Å². The van der Waals surface area contributed by atoms with Crippen LogP contribution in [0, 0.1) is 0 Å². The van der Waals surface area contributed by atoms with Gasteiger partial charge in [0.05, 0.1) is 56.1 Å². The second-order valence-electron chi connectivity index (χ2n) is 8.66. The van der Waals surface area contributed by atoms with E-state index in [9.17, 15) is 14.7 Å². The van der Waals surface area contributed by atoms with Gasteiger partial charge in [0.15, 0.2) is 11.5 Å². The Morgan fingerprint density at radius 2 is 1.72 bits per heavy atom. The van der Waals surface area contributed by atoms with Crippen LogP contribution in [0.2, 0.25) is 0 Å². The first-order valence-electron chi connectivity index (χ1n) is 12.2. The van der Waals surface area contributed by atoms with Gasteiger partial charge in [0.1, 0.15) is 17.3 Å². The number of para-hydroxylation sites is 2. The van der Waals surface area contributed by atoms with E-state index in [2.05, 4.69) is 9.97 Å². The molecule has 1 atom stereocenters. The van der Waals surface area contributed by atoms with Gasteiger partial charge < -0.3 is 29.0 Å². The van der Waals surface area contributed by atoms with Crippen LogP contribution in [0.15, 0.2) is 66.2 Å². The zero-order valence-electron chi connectivity index (χ0n) is 21.8. The van der Waals surface area contributed by atoms with Crippen molar-refractivity contribution in [1.29, 1.82) is 0 Å². The molecule has 1 amide bonds. The predicted molar refractivity (Wildman–Crippen MR) is 145 cm³/mol. The number of nitrogens with one attached hydrogen (secondary N) is 1. The number of aromatic amines is 1. The Hall–Kier alpha value is -4.99. The number of aromatic nitrogens is 2. The number of carbonyl (C=O) groups excluding carboxylic acids is 2. The standard InChI is InChI=1S/C29H27N3O7/c1-5-39-23-14-16(10-13-21(23)37-3)25-24(26(33)18-12-11-17(36-2)15-22(18)38-4)27(34)28(35)32(25)29-30-19-8-6-7-9-20(19)31-29/h6-15,25,33H,5H2,1-4H3,(H,30,31)/b26-24+. The summed E-state index contributed by atoms with van der Waals surface area (Å²) in [6.07, 6.45) is 0. The third-order valence-electron chi connectivity index (χ3n) is 6.52. The van der Waals surface area contributed by atoms with Gasteiger partial charge in [0, 0.05) is 6.07 Å². The highest BCUT2D eigenvalue weighted by atomic mass is 16.5. The van der Waals surface area contributed by atoms with Crippen LogP contribution in [0.25, 0.3) is 16.8 Å². The average molecular weight is 530 g/mol.